The lowest BCUT2D eigenvalue weighted by Gasteiger charge is -2.20. The van der Waals surface area contributed by atoms with Crippen LogP contribution in [-0.2, 0) is 19.2 Å². The summed E-state index contributed by atoms with van der Waals surface area (Å²) in [7, 11) is 0. The van der Waals surface area contributed by atoms with Crippen LogP contribution in [0.15, 0.2) is 77.0 Å². The van der Waals surface area contributed by atoms with Gasteiger partial charge in [0.1, 0.15) is 10.5 Å². The summed E-state index contributed by atoms with van der Waals surface area (Å²) >= 11 is 6.53. The number of nitrogens with zero attached hydrogens (tertiary/aromatic N) is 5. The largest absolute Gasteiger partial charge is 0.481 e. The van der Waals surface area contributed by atoms with Crippen molar-refractivity contribution in [2.24, 2.45) is 10.2 Å². The smallest absolute Gasteiger partial charge is 0.338 e. The fourth-order valence-corrected chi connectivity index (χ4v) is 4.95. The van der Waals surface area contributed by atoms with Gasteiger partial charge in [-0.15, -0.1) is 0 Å². The highest BCUT2D eigenvalue weighted by molar-refractivity contribution is 8.24. The van der Waals surface area contributed by atoms with Crippen LogP contribution >= 0.6 is 24.0 Å². The second kappa shape index (κ2) is 22.8. The third-order valence-electron chi connectivity index (χ3n) is 6.66. The molecule has 0 bridgehead atoms. The standard InChI is InChI=1S/C13H13NO2S2.C12H16N4O4.C11H10O4/c1-13(9-14,8-7-11(15)16)18-12(17)10-5-3-2-4-6-10;1-11(7-13,5-3-9(17)18)15-16-12(2,8-14)6-4-10(19)20;1-7(2)11(14)15-9-5-3-8(4-6-9)10(12)13/h2-6H,7-8H2,1H3,(H,15,16);3-6H2,1-2H3,(H,17,18)(H,19,20);3-6H,1H2,2H3,(H,12,13). The van der Waals surface area contributed by atoms with Crippen molar-refractivity contribution >= 4 is 58.0 Å². The quantitative estimate of drug-likeness (QED) is 0.0447. The van der Waals surface area contributed by atoms with Crippen LogP contribution in [0.4, 0.5) is 0 Å². The Kier molecular flexibility index (Phi) is 20.2. The van der Waals surface area contributed by atoms with Crippen molar-refractivity contribution in [2.75, 3.05) is 0 Å². The van der Waals surface area contributed by atoms with E-state index in [1.807, 2.05) is 42.5 Å². The van der Waals surface area contributed by atoms with Crippen LogP contribution in [-0.4, -0.2) is 70.3 Å². The van der Waals surface area contributed by atoms with Gasteiger partial charge in [0.2, 0.25) is 0 Å². The van der Waals surface area contributed by atoms with Gasteiger partial charge in [-0.05, 0) is 76.8 Å². The zero-order valence-corrected chi connectivity index (χ0v) is 31.1. The molecule has 0 amide bonds. The van der Waals surface area contributed by atoms with E-state index < -0.39 is 45.7 Å². The Bertz CT molecular complexity index is 1760. The molecule has 0 radical (unpaired) electrons. The molecule has 0 aliphatic heterocycles. The number of hydrogen-bond acceptors (Lipinski definition) is 13. The average molecular weight is 766 g/mol. The minimum atomic E-state index is -1.35. The number of benzene rings is 2. The molecule has 2 aromatic rings. The normalized spacial score (nSPS) is 13.5. The number of aromatic carboxylic acids is 1. The molecule has 15 nitrogen and oxygen atoms in total. The second-order valence-electron chi connectivity index (χ2n) is 11.8. The van der Waals surface area contributed by atoms with E-state index in [4.69, 9.17) is 47.9 Å². The van der Waals surface area contributed by atoms with E-state index in [0.717, 1.165) is 5.56 Å². The van der Waals surface area contributed by atoms with Crippen molar-refractivity contribution in [1.29, 1.82) is 15.8 Å². The van der Waals surface area contributed by atoms with Crippen LogP contribution in [0.5, 0.6) is 5.75 Å². The predicted octanol–water partition coefficient (Wildman–Crippen LogP) is 6.84. The van der Waals surface area contributed by atoms with Crippen molar-refractivity contribution in [2.45, 2.75) is 82.0 Å². The highest BCUT2D eigenvalue weighted by atomic mass is 32.2. The Hall–Kier alpha value is -5.96. The lowest BCUT2D eigenvalue weighted by Crippen LogP contribution is -2.25. The first-order valence-corrected chi connectivity index (χ1v) is 16.7. The second-order valence-corrected chi connectivity index (χ2v) is 13.9. The molecule has 0 spiro atoms. The average Bonchev–Trinajstić information content (AvgIpc) is 3.12. The summed E-state index contributed by atoms with van der Waals surface area (Å²) in [5.74, 6) is -4.27. The van der Waals surface area contributed by atoms with E-state index in [9.17, 15) is 29.2 Å². The van der Waals surface area contributed by atoms with Gasteiger partial charge in [0.15, 0.2) is 11.1 Å². The molecule has 3 atom stereocenters. The van der Waals surface area contributed by atoms with E-state index in [-0.39, 0.29) is 49.7 Å². The predicted molar refractivity (Wildman–Crippen MR) is 197 cm³/mol. The molecular weight excluding hydrogens is 727 g/mol. The number of aliphatic carboxylic acids is 3. The number of hydrogen-bond donors (Lipinski definition) is 4. The van der Waals surface area contributed by atoms with E-state index in [2.05, 4.69) is 22.9 Å². The molecule has 0 saturated carbocycles. The number of carboxylic acids is 4. The number of esters is 1. The molecule has 0 heterocycles. The summed E-state index contributed by atoms with van der Waals surface area (Å²) in [6.45, 7) is 9.50. The fraction of sp³-hybridized carbons (Fsp3) is 0.361. The number of carbonyl (C=O) groups is 5. The van der Waals surface area contributed by atoms with Crippen molar-refractivity contribution < 1.29 is 49.1 Å². The van der Waals surface area contributed by atoms with Crippen molar-refractivity contribution in [1.82, 2.24) is 0 Å². The minimum Gasteiger partial charge on any atom is -0.481 e. The fourth-order valence-electron chi connectivity index (χ4n) is 3.35. The number of thiocarbonyl (C=S) groups is 1. The van der Waals surface area contributed by atoms with Crippen LogP contribution in [0.25, 0.3) is 0 Å². The molecule has 0 aliphatic rings. The molecule has 17 heteroatoms. The lowest BCUT2D eigenvalue weighted by atomic mass is 9.97. The number of nitriles is 3. The van der Waals surface area contributed by atoms with Crippen LogP contribution < -0.4 is 4.74 Å². The molecule has 3 unspecified atom stereocenters. The number of ether oxygens (including phenoxy) is 1. The summed E-state index contributed by atoms with van der Waals surface area (Å²) in [5.41, 5.74) is -1.38. The summed E-state index contributed by atoms with van der Waals surface area (Å²) in [4.78, 5) is 53.2. The monoisotopic (exact) mass is 765 g/mol. The van der Waals surface area contributed by atoms with Gasteiger partial charge in [-0.3, -0.25) is 14.4 Å². The number of carbonyl (C=O) groups excluding carboxylic acids is 1. The molecule has 0 aromatic heterocycles. The van der Waals surface area contributed by atoms with Gasteiger partial charge in [-0.25, -0.2) is 9.59 Å². The number of azo groups is 1. The molecule has 2 aromatic carbocycles. The lowest BCUT2D eigenvalue weighted by molar-refractivity contribution is -0.138. The van der Waals surface area contributed by atoms with E-state index >= 15 is 0 Å². The topological polar surface area (TPSA) is 272 Å². The Morgan fingerprint density at radius 3 is 1.53 bits per heavy atom. The van der Waals surface area contributed by atoms with Gasteiger partial charge < -0.3 is 25.2 Å². The SMILES string of the molecule is C=C(C)C(=O)Oc1ccc(C(=O)O)cc1.CC(C#N)(CCC(=O)O)N=NC(C)(C#N)CCC(=O)O.CC(C#N)(CCC(=O)O)SC(=S)c1ccccc1. The van der Waals surface area contributed by atoms with Gasteiger partial charge >= 0.3 is 29.8 Å². The van der Waals surface area contributed by atoms with E-state index in [1.165, 1.54) is 56.8 Å². The molecule has 0 fully saturated rings. The van der Waals surface area contributed by atoms with Gasteiger partial charge in [-0.1, -0.05) is 60.9 Å². The molecule has 2 rings (SSSR count). The van der Waals surface area contributed by atoms with Crippen LogP contribution in [0, 0.1) is 34.0 Å². The number of carboxylic acid groups (broad SMARTS) is 4. The molecular formula is C36H39N5O10S2. The van der Waals surface area contributed by atoms with E-state index in [1.54, 1.807) is 6.92 Å². The van der Waals surface area contributed by atoms with Crippen molar-refractivity contribution in [3.63, 3.8) is 0 Å². The van der Waals surface area contributed by atoms with Gasteiger partial charge in [0, 0.05) is 24.8 Å². The Labute approximate surface area is 316 Å². The molecule has 0 aliphatic carbocycles. The first kappa shape index (κ1) is 47.0. The Balaban J connectivity index is 0.000000772. The van der Waals surface area contributed by atoms with Crippen molar-refractivity contribution in [3.8, 4) is 24.0 Å². The van der Waals surface area contributed by atoms with Gasteiger partial charge in [0.05, 0.1) is 28.0 Å². The highest BCUT2D eigenvalue weighted by Gasteiger charge is 2.30. The summed E-state index contributed by atoms with van der Waals surface area (Å²) in [6.07, 6.45) is -0.334. The maximum absolute atomic E-state index is 11.1. The first-order chi connectivity index (χ1) is 24.6. The minimum absolute atomic E-state index is 0.0333. The Morgan fingerprint density at radius 1 is 0.736 bits per heavy atom. The first-order valence-electron chi connectivity index (χ1n) is 15.5. The van der Waals surface area contributed by atoms with Gasteiger partial charge in [-0.2, -0.15) is 26.0 Å². The zero-order valence-electron chi connectivity index (χ0n) is 29.4. The van der Waals surface area contributed by atoms with Crippen molar-refractivity contribution in [3.05, 3.63) is 77.9 Å². The maximum atomic E-state index is 11.1. The Morgan fingerprint density at radius 2 is 1.17 bits per heavy atom. The maximum Gasteiger partial charge on any atom is 0.338 e. The third kappa shape index (κ3) is 19.9. The molecule has 0 saturated heterocycles. The van der Waals surface area contributed by atoms with E-state index in [0.29, 0.717) is 9.95 Å². The number of rotatable bonds is 16. The van der Waals surface area contributed by atoms with Crippen LogP contribution in [0.3, 0.4) is 0 Å². The summed E-state index contributed by atoms with van der Waals surface area (Å²) < 4.78 is 4.69. The van der Waals surface area contributed by atoms with Crippen LogP contribution in [0.2, 0.25) is 0 Å². The summed E-state index contributed by atoms with van der Waals surface area (Å²) in [5, 5.41) is 69.2. The molecule has 280 valence electrons. The zero-order chi connectivity index (χ0) is 40.8. The molecule has 53 heavy (non-hydrogen) atoms. The van der Waals surface area contributed by atoms with Crippen LogP contribution in [0.1, 0.15) is 82.1 Å². The molecule has 4 N–H and O–H groups in total. The van der Waals surface area contributed by atoms with Gasteiger partial charge in [0.25, 0.3) is 0 Å². The number of thioether (sulfide) groups is 1. The third-order valence-corrected chi connectivity index (χ3v) is 8.32. The summed E-state index contributed by atoms with van der Waals surface area (Å²) in [6, 6.07) is 20.8. The highest BCUT2D eigenvalue weighted by Crippen LogP contribution is 2.33.